The van der Waals surface area contributed by atoms with E-state index >= 15 is 0 Å². The first-order chi connectivity index (χ1) is 7.75. The van der Waals surface area contributed by atoms with Gasteiger partial charge >= 0.3 is 0 Å². The fraction of sp³-hybridized carbons (Fsp3) is 0.250. The van der Waals surface area contributed by atoms with Crippen LogP contribution in [0.2, 0.25) is 0 Å². The van der Waals surface area contributed by atoms with Crippen LogP contribution in [0.3, 0.4) is 0 Å². The standard InChI is InChI=1S/C16H14/c1-9-3-5-13-15(7-9)16(13)11-4-6-12-10(2)14(12)8-11/h3-8,10,16H,1-2H3/t10-,16+/m0/s1. The van der Waals surface area contributed by atoms with Crippen molar-refractivity contribution in [2.75, 3.05) is 0 Å². The molecule has 0 spiro atoms. The van der Waals surface area contributed by atoms with E-state index < -0.39 is 0 Å². The van der Waals surface area contributed by atoms with E-state index in [0.717, 1.165) is 5.92 Å². The van der Waals surface area contributed by atoms with E-state index in [-0.39, 0.29) is 0 Å². The molecular weight excluding hydrogens is 192 g/mol. The molecule has 0 unspecified atom stereocenters. The Morgan fingerprint density at radius 1 is 0.812 bits per heavy atom. The van der Waals surface area contributed by atoms with Gasteiger partial charge in [-0.25, -0.2) is 0 Å². The highest BCUT2D eigenvalue weighted by molar-refractivity contribution is 5.64. The Kier molecular flexibility index (Phi) is 1.38. The van der Waals surface area contributed by atoms with Crippen LogP contribution in [-0.4, -0.2) is 0 Å². The summed E-state index contributed by atoms with van der Waals surface area (Å²) < 4.78 is 0. The third-order valence-electron chi connectivity index (χ3n) is 4.07. The zero-order chi connectivity index (χ0) is 10.9. The van der Waals surface area contributed by atoms with Crippen molar-refractivity contribution in [1.82, 2.24) is 0 Å². The smallest absolute Gasteiger partial charge is 0.0346 e. The van der Waals surface area contributed by atoms with Crippen LogP contribution in [0.4, 0.5) is 0 Å². The number of hydrogen-bond acceptors (Lipinski definition) is 0. The molecule has 0 heteroatoms. The van der Waals surface area contributed by atoms with Gasteiger partial charge in [-0.3, -0.25) is 0 Å². The Bertz CT molecular complexity index is 607. The lowest BCUT2D eigenvalue weighted by molar-refractivity contribution is 1.14. The fourth-order valence-electron chi connectivity index (χ4n) is 2.91. The topological polar surface area (TPSA) is 0 Å². The summed E-state index contributed by atoms with van der Waals surface area (Å²) in [6.07, 6.45) is 0. The van der Waals surface area contributed by atoms with E-state index in [0.29, 0.717) is 5.92 Å². The summed E-state index contributed by atoms with van der Waals surface area (Å²) in [6.45, 7) is 4.46. The van der Waals surface area contributed by atoms with E-state index in [1.54, 1.807) is 11.1 Å². The SMILES string of the molecule is Cc1ccc2c(c1)[C@@H]2c1ccc2c(c1)[C@H]2C. The Labute approximate surface area is 95.9 Å². The highest BCUT2D eigenvalue weighted by atomic mass is 14.4. The third kappa shape index (κ3) is 0.996. The van der Waals surface area contributed by atoms with Crippen molar-refractivity contribution in [3.05, 3.63) is 69.8 Å². The van der Waals surface area contributed by atoms with E-state index in [2.05, 4.69) is 50.2 Å². The van der Waals surface area contributed by atoms with Gasteiger partial charge in [0.2, 0.25) is 0 Å². The van der Waals surface area contributed by atoms with E-state index in [1.807, 2.05) is 0 Å². The largest absolute Gasteiger partial charge is 0.0590 e. The van der Waals surface area contributed by atoms with Gasteiger partial charge in [0.1, 0.15) is 0 Å². The first-order valence-electron chi connectivity index (χ1n) is 6.00. The fourth-order valence-corrected chi connectivity index (χ4v) is 2.91. The Balaban J connectivity index is 1.75. The van der Waals surface area contributed by atoms with Crippen molar-refractivity contribution < 1.29 is 0 Å². The van der Waals surface area contributed by atoms with Gasteiger partial charge in [-0.05, 0) is 34.7 Å². The van der Waals surface area contributed by atoms with Gasteiger partial charge in [0.15, 0.2) is 0 Å². The Morgan fingerprint density at radius 3 is 2.38 bits per heavy atom. The van der Waals surface area contributed by atoms with E-state index in [4.69, 9.17) is 0 Å². The highest BCUT2D eigenvalue weighted by Crippen LogP contribution is 2.51. The number of aryl methyl sites for hydroxylation is 1. The molecule has 2 aromatic rings. The molecule has 0 N–H and O–H groups in total. The summed E-state index contributed by atoms with van der Waals surface area (Å²) in [4.78, 5) is 0. The lowest BCUT2D eigenvalue weighted by atomic mass is 10.1. The molecule has 0 saturated carbocycles. The maximum absolute atomic E-state index is 2.40. The number of hydrogen-bond donors (Lipinski definition) is 0. The minimum absolute atomic E-state index is 0.604. The predicted molar refractivity (Wildman–Crippen MR) is 66.1 cm³/mol. The molecule has 2 aromatic carbocycles. The van der Waals surface area contributed by atoms with Gasteiger partial charge in [-0.1, -0.05) is 48.9 Å². The summed E-state index contributed by atoms with van der Waals surface area (Å²) in [5.74, 6) is 1.32. The number of benzene rings is 2. The molecule has 0 amide bonds. The van der Waals surface area contributed by atoms with Gasteiger partial charge in [0, 0.05) is 11.8 Å². The molecule has 2 atom stereocenters. The zero-order valence-corrected chi connectivity index (χ0v) is 9.62. The van der Waals surface area contributed by atoms with Gasteiger partial charge in [-0.2, -0.15) is 0 Å². The zero-order valence-electron chi connectivity index (χ0n) is 9.62. The highest BCUT2D eigenvalue weighted by Gasteiger charge is 2.36. The molecule has 78 valence electrons. The van der Waals surface area contributed by atoms with Crippen LogP contribution in [0.15, 0.2) is 36.4 Å². The molecule has 0 aliphatic heterocycles. The van der Waals surface area contributed by atoms with Crippen molar-refractivity contribution in [1.29, 1.82) is 0 Å². The second-order valence-corrected chi connectivity index (χ2v) is 5.18. The Morgan fingerprint density at radius 2 is 1.62 bits per heavy atom. The molecule has 0 fully saturated rings. The summed E-state index contributed by atoms with van der Waals surface area (Å²) in [5.41, 5.74) is 9.04. The Hall–Kier alpha value is -1.56. The van der Waals surface area contributed by atoms with Crippen molar-refractivity contribution in [2.24, 2.45) is 0 Å². The quantitative estimate of drug-likeness (QED) is 0.565. The summed E-state index contributed by atoms with van der Waals surface area (Å²) in [5, 5.41) is 0. The molecule has 0 nitrogen and oxygen atoms in total. The minimum atomic E-state index is 0.604. The number of rotatable bonds is 1. The van der Waals surface area contributed by atoms with Crippen LogP contribution in [0.1, 0.15) is 52.1 Å². The van der Waals surface area contributed by atoms with Crippen molar-refractivity contribution in [2.45, 2.75) is 25.7 Å². The monoisotopic (exact) mass is 206 g/mol. The van der Waals surface area contributed by atoms with E-state index in [1.165, 1.54) is 22.3 Å². The second-order valence-electron chi connectivity index (χ2n) is 5.18. The van der Waals surface area contributed by atoms with Crippen molar-refractivity contribution >= 4 is 0 Å². The van der Waals surface area contributed by atoms with Gasteiger partial charge < -0.3 is 0 Å². The number of fused-ring (bicyclic) bond motifs is 2. The molecule has 4 rings (SSSR count). The molecular formula is C16H14. The molecule has 16 heavy (non-hydrogen) atoms. The van der Waals surface area contributed by atoms with Crippen LogP contribution < -0.4 is 0 Å². The molecule has 0 aromatic heterocycles. The molecule has 2 aliphatic carbocycles. The summed E-state index contributed by atoms with van der Waals surface area (Å²) in [7, 11) is 0. The average Bonchev–Trinajstić information content (AvgIpc) is 3.15. The predicted octanol–water partition coefficient (Wildman–Crippen LogP) is 3.95. The molecule has 0 heterocycles. The molecule has 0 bridgehead atoms. The maximum Gasteiger partial charge on any atom is 0.0346 e. The van der Waals surface area contributed by atoms with Gasteiger partial charge in [0.25, 0.3) is 0 Å². The minimum Gasteiger partial charge on any atom is -0.0590 e. The lowest BCUT2D eigenvalue weighted by Gasteiger charge is -1.94. The maximum atomic E-state index is 2.40. The van der Waals surface area contributed by atoms with Crippen molar-refractivity contribution in [3.8, 4) is 0 Å². The van der Waals surface area contributed by atoms with Crippen LogP contribution in [0.25, 0.3) is 0 Å². The van der Waals surface area contributed by atoms with Crippen LogP contribution in [0, 0.1) is 6.92 Å². The third-order valence-corrected chi connectivity index (χ3v) is 4.07. The van der Waals surface area contributed by atoms with Gasteiger partial charge in [0.05, 0.1) is 0 Å². The van der Waals surface area contributed by atoms with E-state index in [9.17, 15) is 0 Å². The lowest BCUT2D eigenvalue weighted by Crippen LogP contribution is -1.78. The van der Waals surface area contributed by atoms with Gasteiger partial charge in [-0.15, -0.1) is 0 Å². The normalized spacial score (nSPS) is 23.6. The van der Waals surface area contributed by atoms with Crippen LogP contribution in [-0.2, 0) is 0 Å². The second kappa shape index (κ2) is 2.57. The van der Waals surface area contributed by atoms with Crippen LogP contribution in [0.5, 0.6) is 0 Å². The van der Waals surface area contributed by atoms with Crippen molar-refractivity contribution in [3.63, 3.8) is 0 Å². The summed E-state index contributed by atoms with van der Waals surface area (Å²) >= 11 is 0. The van der Waals surface area contributed by atoms with Crippen LogP contribution >= 0.6 is 0 Å². The molecule has 0 saturated heterocycles. The summed E-state index contributed by atoms with van der Waals surface area (Å²) in [6, 6.07) is 13.8. The first-order valence-corrected chi connectivity index (χ1v) is 6.00. The molecule has 2 aliphatic rings. The first kappa shape index (κ1) is 8.58. The average molecular weight is 206 g/mol. The molecule has 0 radical (unpaired) electrons.